The molecule has 4 nitrogen and oxygen atoms in total. The van der Waals surface area contributed by atoms with Crippen LogP contribution in [0, 0.1) is 5.82 Å². The number of H-pyrrole nitrogens is 1. The zero-order valence-corrected chi connectivity index (χ0v) is 13.3. The van der Waals surface area contributed by atoms with Gasteiger partial charge in [-0.1, -0.05) is 18.2 Å². The lowest BCUT2D eigenvalue weighted by Gasteiger charge is -2.21. The molecule has 1 heterocycles. The van der Waals surface area contributed by atoms with E-state index in [4.69, 9.17) is 0 Å². The minimum absolute atomic E-state index is 0.0829. The molecule has 0 radical (unpaired) electrons. The van der Waals surface area contributed by atoms with Gasteiger partial charge in [-0.3, -0.25) is 0 Å². The Morgan fingerprint density at radius 3 is 2.36 bits per heavy atom. The first-order chi connectivity index (χ1) is 11.7. The van der Waals surface area contributed by atoms with Crippen LogP contribution < -0.4 is 4.72 Å². The van der Waals surface area contributed by atoms with E-state index in [9.17, 15) is 26.0 Å². The van der Waals surface area contributed by atoms with E-state index in [2.05, 4.69) is 4.98 Å². The second-order valence-electron chi connectivity index (χ2n) is 5.34. The van der Waals surface area contributed by atoms with Gasteiger partial charge in [-0.2, -0.15) is 17.9 Å². The summed E-state index contributed by atoms with van der Waals surface area (Å²) in [5.74, 6) is -0.616. The molecule has 0 aliphatic rings. The van der Waals surface area contributed by atoms with Crippen LogP contribution in [0.25, 0.3) is 10.9 Å². The van der Waals surface area contributed by atoms with Crippen LogP contribution in [-0.2, 0) is 10.0 Å². The molecule has 0 fully saturated rings. The standard InChI is InChI=1S/C16H12F4N2O2S/c17-10-6-7-12-13(9-21-14(12)8-10)15(16(18,19)20)22-25(23,24)11-4-2-1-3-5-11/h1-9,15,21-22H. The number of hydrogen-bond acceptors (Lipinski definition) is 2. The van der Waals surface area contributed by atoms with Gasteiger partial charge in [-0.15, -0.1) is 0 Å². The average Bonchev–Trinajstić information content (AvgIpc) is 2.95. The topological polar surface area (TPSA) is 62.0 Å². The van der Waals surface area contributed by atoms with Crippen molar-refractivity contribution in [1.82, 2.24) is 9.71 Å². The number of sulfonamides is 1. The SMILES string of the molecule is O=S(=O)(NC(c1c[nH]c2cc(F)ccc12)C(F)(F)F)c1ccccc1. The van der Waals surface area contributed by atoms with Crippen molar-refractivity contribution >= 4 is 20.9 Å². The zero-order valence-electron chi connectivity index (χ0n) is 12.5. The highest BCUT2D eigenvalue weighted by molar-refractivity contribution is 7.89. The van der Waals surface area contributed by atoms with Gasteiger partial charge in [0.1, 0.15) is 11.9 Å². The third-order valence-corrected chi connectivity index (χ3v) is 5.08. The molecule has 3 aromatic rings. The molecule has 3 rings (SSSR count). The quantitative estimate of drug-likeness (QED) is 0.683. The predicted octanol–water partition coefficient (Wildman–Crippen LogP) is 3.89. The summed E-state index contributed by atoms with van der Waals surface area (Å²) in [6, 6.07) is 7.51. The van der Waals surface area contributed by atoms with Crippen molar-refractivity contribution in [1.29, 1.82) is 0 Å². The number of alkyl halides is 3. The van der Waals surface area contributed by atoms with Crippen LogP contribution >= 0.6 is 0 Å². The van der Waals surface area contributed by atoms with Gasteiger partial charge in [0.15, 0.2) is 0 Å². The number of aromatic amines is 1. The van der Waals surface area contributed by atoms with E-state index in [1.54, 1.807) is 10.8 Å². The zero-order chi connectivity index (χ0) is 18.2. The van der Waals surface area contributed by atoms with Crippen LogP contribution in [0.5, 0.6) is 0 Å². The number of hydrogen-bond donors (Lipinski definition) is 2. The van der Waals surface area contributed by atoms with Crippen molar-refractivity contribution in [3.05, 3.63) is 66.1 Å². The molecule has 0 spiro atoms. The Hall–Kier alpha value is -2.39. The molecular formula is C16H12F4N2O2S. The van der Waals surface area contributed by atoms with Crippen molar-refractivity contribution in [2.75, 3.05) is 0 Å². The Morgan fingerprint density at radius 1 is 1.04 bits per heavy atom. The van der Waals surface area contributed by atoms with Gasteiger partial charge >= 0.3 is 6.18 Å². The monoisotopic (exact) mass is 372 g/mol. The highest BCUT2D eigenvalue weighted by Gasteiger charge is 2.44. The number of benzene rings is 2. The summed E-state index contributed by atoms with van der Waals surface area (Å²) < 4.78 is 80.1. The Balaban J connectivity index is 2.07. The summed E-state index contributed by atoms with van der Waals surface area (Å²) in [6.45, 7) is 0. The minimum Gasteiger partial charge on any atom is -0.361 e. The maximum absolute atomic E-state index is 13.5. The molecule has 25 heavy (non-hydrogen) atoms. The molecule has 0 amide bonds. The van der Waals surface area contributed by atoms with Crippen molar-refractivity contribution in [3.8, 4) is 0 Å². The highest BCUT2D eigenvalue weighted by Crippen LogP contribution is 2.37. The van der Waals surface area contributed by atoms with Gasteiger partial charge < -0.3 is 4.98 Å². The molecule has 0 bridgehead atoms. The Morgan fingerprint density at radius 2 is 1.72 bits per heavy atom. The summed E-state index contributed by atoms with van der Waals surface area (Å²) in [4.78, 5) is 2.25. The third kappa shape index (κ3) is 3.52. The molecule has 2 aromatic carbocycles. The Kier molecular flexibility index (Phi) is 4.29. The molecule has 1 atom stereocenters. The summed E-state index contributed by atoms with van der Waals surface area (Å²) >= 11 is 0. The molecule has 0 aliphatic heterocycles. The van der Waals surface area contributed by atoms with Crippen LogP contribution in [-0.4, -0.2) is 19.6 Å². The number of halogens is 4. The molecule has 1 aromatic heterocycles. The fourth-order valence-electron chi connectivity index (χ4n) is 2.49. The molecule has 0 saturated heterocycles. The van der Waals surface area contributed by atoms with E-state index >= 15 is 0 Å². The van der Waals surface area contributed by atoms with Crippen LogP contribution in [0.3, 0.4) is 0 Å². The Bertz CT molecular complexity index is 998. The molecule has 0 aliphatic carbocycles. The Labute approximate surface area is 140 Å². The second-order valence-corrected chi connectivity index (χ2v) is 7.06. The van der Waals surface area contributed by atoms with Crippen molar-refractivity contribution in [2.24, 2.45) is 0 Å². The summed E-state index contributed by atoms with van der Waals surface area (Å²) in [5.41, 5.74) is -0.190. The lowest BCUT2D eigenvalue weighted by molar-refractivity contribution is -0.152. The van der Waals surface area contributed by atoms with Crippen molar-refractivity contribution in [3.63, 3.8) is 0 Å². The van der Waals surface area contributed by atoms with E-state index in [0.29, 0.717) is 0 Å². The molecule has 2 N–H and O–H groups in total. The summed E-state index contributed by atoms with van der Waals surface area (Å²) in [5, 5.41) is 0.0829. The van der Waals surface area contributed by atoms with Crippen molar-refractivity contribution < 1.29 is 26.0 Å². The first kappa shape index (κ1) is 17.4. The van der Waals surface area contributed by atoms with Gasteiger partial charge in [0, 0.05) is 22.7 Å². The fourth-order valence-corrected chi connectivity index (χ4v) is 3.71. The van der Waals surface area contributed by atoms with E-state index in [-0.39, 0.29) is 21.4 Å². The van der Waals surface area contributed by atoms with E-state index in [1.165, 1.54) is 30.3 Å². The molecule has 0 saturated carbocycles. The predicted molar refractivity (Wildman–Crippen MR) is 83.8 cm³/mol. The second kappa shape index (κ2) is 6.16. The molecule has 1 unspecified atom stereocenters. The van der Waals surface area contributed by atoms with Crippen LogP contribution in [0.2, 0.25) is 0 Å². The lowest BCUT2D eigenvalue weighted by atomic mass is 10.1. The van der Waals surface area contributed by atoms with Crippen molar-refractivity contribution in [2.45, 2.75) is 17.1 Å². The first-order valence-corrected chi connectivity index (χ1v) is 8.57. The van der Waals surface area contributed by atoms with Gasteiger partial charge in [-0.05, 0) is 30.3 Å². The number of nitrogens with one attached hydrogen (secondary N) is 2. The highest BCUT2D eigenvalue weighted by atomic mass is 32.2. The largest absolute Gasteiger partial charge is 0.408 e. The summed E-state index contributed by atoms with van der Waals surface area (Å²) in [7, 11) is -4.40. The summed E-state index contributed by atoms with van der Waals surface area (Å²) in [6.07, 6.45) is -3.86. The van der Waals surface area contributed by atoms with Crippen LogP contribution in [0.4, 0.5) is 17.6 Å². The van der Waals surface area contributed by atoms with E-state index in [0.717, 1.165) is 18.3 Å². The molecular weight excluding hydrogens is 360 g/mol. The number of aromatic nitrogens is 1. The van der Waals surface area contributed by atoms with Gasteiger partial charge in [-0.25, -0.2) is 12.8 Å². The van der Waals surface area contributed by atoms with Crippen LogP contribution in [0.1, 0.15) is 11.6 Å². The minimum atomic E-state index is -4.88. The van der Waals surface area contributed by atoms with E-state index in [1.807, 2.05) is 0 Å². The first-order valence-electron chi connectivity index (χ1n) is 7.09. The smallest absolute Gasteiger partial charge is 0.361 e. The maximum Gasteiger partial charge on any atom is 0.408 e. The maximum atomic E-state index is 13.5. The number of fused-ring (bicyclic) bond motifs is 1. The normalized spacial score (nSPS) is 13.9. The fraction of sp³-hybridized carbons (Fsp3) is 0.125. The van der Waals surface area contributed by atoms with E-state index < -0.39 is 28.1 Å². The van der Waals surface area contributed by atoms with Gasteiger partial charge in [0.2, 0.25) is 10.0 Å². The molecule has 132 valence electrons. The average molecular weight is 372 g/mol. The third-order valence-electron chi connectivity index (χ3n) is 3.64. The van der Waals surface area contributed by atoms with Gasteiger partial charge in [0.25, 0.3) is 0 Å². The lowest BCUT2D eigenvalue weighted by Crippen LogP contribution is -2.38. The number of rotatable bonds is 4. The molecule has 9 heteroatoms. The van der Waals surface area contributed by atoms with Gasteiger partial charge in [0.05, 0.1) is 4.90 Å². The van der Waals surface area contributed by atoms with Crippen LogP contribution in [0.15, 0.2) is 59.6 Å².